The molecule has 4 amide bonds. The van der Waals surface area contributed by atoms with E-state index >= 15 is 0 Å². The number of nitrogens with zero attached hydrogens (tertiary/aromatic N) is 3. The molecule has 3 aromatic carbocycles. The second kappa shape index (κ2) is 14.7. The van der Waals surface area contributed by atoms with E-state index < -0.39 is 23.5 Å². The van der Waals surface area contributed by atoms with E-state index in [0.717, 1.165) is 4.90 Å². The van der Waals surface area contributed by atoms with Crippen LogP contribution in [0, 0.1) is 0 Å². The maximum atomic E-state index is 13.7. The maximum Gasteiger partial charge on any atom is 0.410 e. The molecule has 0 unspecified atom stereocenters. The van der Waals surface area contributed by atoms with E-state index in [2.05, 4.69) is 5.32 Å². The molecule has 0 aliphatic carbocycles. The second-order valence-electron chi connectivity index (χ2n) is 10.6. The van der Waals surface area contributed by atoms with Gasteiger partial charge in [0.1, 0.15) is 30.2 Å². The molecule has 228 valence electrons. The van der Waals surface area contributed by atoms with Gasteiger partial charge in [0, 0.05) is 19.8 Å². The normalized spacial score (nSPS) is 10.7. The monoisotopic (exact) mass is 590 g/mol. The third-order valence-corrected chi connectivity index (χ3v) is 6.09. The summed E-state index contributed by atoms with van der Waals surface area (Å²) < 4.78 is 16.5. The molecule has 1 N–H and O–H groups in total. The van der Waals surface area contributed by atoms with Gasteiger partial charge in [0.05, 0.1) is 18.5 Å². The van der Waals surface area contributed by atoms with Crippen molar-refractivity contribution < 1.29 is 33.4 Å². The first kappa shape index (κ1) is 32.5. The highest BCUT2D eigenvalue weighted by atomic mass is 16.6. The highest BCUT2D eigenvalue weighted by Crippen LogP contribution is 2.29. The summed E-state index contributed by atoms with van der Waals surface area (Å²) in [5.74, 6) is -0.716. The smallest absolute Gasteiger partial charge is 0.410 e. The lowest BCUT2D eigenvalue weighted by molar-refractivity contribution is -0.123. The van der Waals surface area contributed by atoms with E-state index in [9.17, 15) is 19.2 Å². The Morgan fingerprint density at radius 2 is 1.37 bits per heavy atom. The van der Waals surface area contributed by atoms with E-state index in [-0.39, 0.29) is 37.0 Å². The summed E-state index contributed by atoms with van der Waals surface area (Å²) in [6, 6.07) is 22.5. The average molecular weight is 591 g/mol. The van der Waals surface area contributed by atoms with Crippen molar-refractivity contribution in [1.82, 2.24) is 4.90 Å². The van der Waals surface area contributed by atoms with E-state index in [1.165, 1.54) is 24.0 Å². The zero-order valence-corrected chi connectivity index (χ0v) is 25.3. The van der Waals surface area contributed by atoms with Gasteiger partial charge < -0.3 is 29.3 Å². The highest BCUT2D eigenvalue weighted by Gasteiger charge is 2.28. The lowest BCUT2D eigenvalue weighted by Crippen LogP contribution is -2.47. The number of rotatable bonds is 11. The molecule has 11 nitrogen and oxygen atoms in total. The van der Waals surface area contributed by atoms with Crippen molar-refractivity contribution in [2.45, 2.75) is 26.4 Å². The van der Waals surface area contributed by atoms with Crippen molar-refractivity contribution in [1.29, 1.82) is 0 Å². The van der Waals surface area contributed by atoms with Crippen LogP contribution in [0.2, 0.25) is 0 Å². The predicted octanol–water partition coefficient (Wildman–Crippen LogP) is 4.58. The summed E-state index contributed by atoms with van der Waals surface area (Å²) in [4.78, 5) is 56.2. The van der Waals surface area contributed by atoms with Crippen LogP contribution in [0.1, 0.15) is 20.8 Å². The topological polar surface area (TPSA) is 118 Å². The number of ether oxygens (including phenoxy) is 3. The van der Waals surface area contributed by atoms with Gasteiger partial charge in [-0.1, -0.05) is 42.5 Å². The van der Waals surface area contributed by atoms with E-state index in [0.29, 0.717) is 17.1 Å². The fraction of sp³-hybridized carbons (Fsp3) is 0.312. The van der Waals surface area contributed by atoms with E-state index in [1.54, 1.807) is 101 Å². The van der Waals surface area contributed by atoms with Crippen LogP contribution in [-0.4, -0.2) is 75.2 Å². The third-order valence-electron chi connectivity index (χ3n) is 6.09. The lowest BCUT2D eigenvalue weighted by atomic mass is 10.2. The highest BCUT2D eigenvalue weighted by molar-refractivity contribution is 6.05. The molecule has 0 aliphatic heterocycles. The molecule has 0 spiro atoms. The van der Waals surface area contributed by atoms with Gasteiger partial charge in [0.25, 0.3) is 5.91 Å². The Labute approximate surface area is 251 Å². The molecular weight excluding hydrogens is 552 g/mol. The Kier molecular flexibility index (Phi) is 11.1. The van der Waals surface area contributed by atoms with Gasteiger partial charge in [-0.25, -0.2) is 4.79 Å². The van der Waals surface area contributed by atoms with Crippen LogP contribution in [0.15, 0.2) is 78.9 Å². The number of para-hydroxylation sites is 5. The summed E-state index contributed by atoms with van der Waals surface area (Å²) >= 11 is 0. The van der Waals surface area contributed by atoms with E-state index in [1.807, 2.05) is 6.07 Å². The van der Waals surface area contributed by atoms with Crippen molar-refractivity contribution in [3.05, 3.63) is 78.9 Å². The number of carbonyl (C=O) groups is 4. The fourth-order valence-corrected chi connectivity index (χ4v) is 3.92. The minimum absolute atomic E-state index is 0.195. The maximum absolute atomic E-state index is 13.7. The zero-order valence-electron chi connectivity index (χ0n) is 25.3. The Balaban J connectivity index is 1.84. The van der Waals surface area contributed by atoms with Crippen LogP contribution >= 0.6 is 0 Å². The van der Waals surface area contributed by atoms with Crippen molar-refractivity contribution in [3.63, 3.8) is 0 Å². The van der Waals surface area contributed by atoms with Gasteiger partial charge >= 0.3 is 6.09 Å². The first-order chi connectivity index (χ1) is 20.4. The summed E-state index contributed by atoms with van der Waals surface area (Å²) in [6.45, 7) is 4.06. The molecule has 0 heterocycles. The molecule has 0 saturated heterocycles. The molecule has 0 aliphatic rings. The molecule has 3 rings (SSSR count). The Hall–Kier alpha value is -5.06. The fourth-order valence-electron chi connectivity index (χ4n) is 3.92. The molecule has 0 aromatic heterocycles. The van der Waals surface area contributed by atoms with Gasteiger partial charge in [-0.15, -0.1) is 0 Å². The standard InChI is InChI=1S/C32H38N4O7/c1-32(2,3)43-31(40)34(4)20-30(39)36(21-29(38)35(5)23-14-8-7-9-15-23)25-17-11-13-19-27(25)42-22-28(37)33-24-16-10-12-18-26(24)41-6/h7-19H,20-22H2,1-6H3,(H,33,37). The number of likely N-dealkylation sites (N-methyl/N-ethyl adjacent to an activating group) is 2. The molecule has 3 aromatic rings. The third kappa shape index (κ3) is 9.49. The van der Waals surface area contributed by atoms with Crippen LogP contribution in [0.25, 0.3) is 0 Å². The summed E-state index contributed by atoms with van der Waals surface area (Å²) in [7, 11) is 4.55. The lowest BCUT2D eigenvalue weighted by Gasteiger charge is -2.29. The summed E-state index contributed by atoms with van der Waals surface area (Å²) in [6.07, 6.45) is -0.689. The largest absolute Gasteiger partial charge is 0.495 e. The number of amides is 4. The van der Waals surface area contributed by atoms with Crippen LogP contribution in [0.4, 0.5) is 21.9 Å². The van der Waals surface area contributed by atoms with Crippen LogP contribution < -0.4 is 24.6 Å². The molecule has 43 heavy (non-hydrogen) atoms. The minimum Gasteiger partial charge on any atom is -0.495 e. The van der Waals surface area contributed by atoms with Gasteiger partial charge in [-0.05, 0) is 57.2 Å². The molecule has 0 atom stereocenters. The molecule has 0 radical (unpaired) electrons. The Bertz CT molecular complexity index is 1420. The zero-order chi connectivity index (χ0) is 31.6. The van der Waals surface area contributed by atoms with Crippen LogP contribution in [0.5, 0.6) is 11.5 Å². The van der Waals surface area contributed by atoms with Crippen molar-refractivity contribution in [3.8, 4) is 11.5 Å². The number of nitrogens with one attached hydrogen (secondary N) is 1. The number of hydrogen-bond acceptors (Lipinski definition) is 7. The number of hydrogen-bond donors (Lipinski definition) is 1. The summed E-state index contributed by atoms with van der Waals surface area (Å²) in [5, 5.41) is 2.74. The van der Waals surface area contributed by atoms with Crippen molar-refractivity contribution >= 4 is 40.9 Å². The second-order valence-corrected chi connectivity index (χ2v) is 10.6. The summed E-state index contributed by atoms with van der Waals surface area (Å²) in [5.41, 5.74) is 0.615. The predicted molar refractivity (Wildman–Crippen MR) is 165 cm³/mol. The number of methoxy groups -OCH3 is 1. The van der Waals surface area contributed by atoms with E-state index in [4.69, 9.17) is 14.2 Å². The number of carbonyl (C=O) groups excluding carboxylic acids is 4. The van der Waals surface area contributed by atoms with Gasteiger partial charge in [0.15, 0.2) is 6.61 Å². The molecule has 11 heteroatoms. The Morgan fingerprint density at radius 1 is 0.767 bits per heavy atom. The molecule has 0 fully saturated rings. The van der Waals surface area contributed by atoms with Crippen LogP contribution in [0.3, 0.4) is 0 Å². The average Bonchev–Trinajstić information content (AvgIpc) is 2.98. The minimum atomic E-state index is -0.757. The molecule has 0 saturated carbocycles. The van der Waals surface area contributed by atoms with Gasteiger partial charge in [0.2, 0.25) is 11.8 Å². The van der Waals surface area contributed by atoms with Gasteiger partial charge in [-0.2, -0.15) is 0 Å². The first-order valence-corrected chi connectivity index (χ1v) is 13.6. The Morgan fingerprint density at radius 3 is 2.02 bits per heavy atom. The quantitative estimate of drug-likeness (QED) is 0.348. The number of anilines is 3. The SMILES string of the molecule is COc1ccccc1NC(=O)COc1ccccc1N(CC(=O)N(C)c1ccccc1)C(=O)CN(C)C(=O)OC(C)(C)C. The first-order valence-electron chi connectivity index (χ1n) is 13.6. The van der Waals surface area contributed by atoms with Crippen LogP contribution in [-0.2, 0) is 19.1 Å². The van der Waals surface area contributed by atoms with Gasteiger partial charge in [-0.3, -0.25) is 19.3 Å². The number of benzene rings is 3. The van der Waals surface area contributed by atoms with Crippen molar-refractivity contribution in [2.75, 3.05) is 56.0 Å². The van der Waals surface area contributed by atoms with Crippen molar-refractivity contribution in [2.24, 2.45) is 0 Å². The molecular formula is C32H38N4O7. The molecule has 0 bridgehead atoms.